The van der Waals surface area contributed by atoms with E-state index in [1.54, 1.807) is 7.11 Å². The number of carboxylic acid groups (broad SMARTS) is 1. The van der Waals surface area contributed by atoms with Gasteiger partial charge in [0.25, 0.3) is 0 Å². The summed E-state index contributed by atoms with van der Waals surface area (Å²) in [6, 6.07) is -0.399. The molecule has 118 valence electrons. The molecule has 0 aromatic rings. The molecule has 8 nitrogen and oxygen atoms in total. The molecule has 0 aliphatic heterocycles. The third-order valence-corrected chi connectivity index (χ3v) is 2.63. The lowest BCUT2D eigenvalue weighted by Crippen LogP contribution is -2.46. The first kappa shape index (κ1) is 18.6. The molecule has 2 amide bonds. The minimum atomic E-state index is -1.05. The molecular formula is C12H25N3O5. The summed E-state index contributed by atoms with van der Waals surface area (Å²) in [5, 5.41) is 11.4. The predicted molar refractivity (Wildman–Crippen MR) is 73.9 cm³/mol. The molecule has 0 aromatic carbocycles. The average molecular weight is 291 g/mol. The monoisotopic (exact) mass is 291 g/mol. The molecule has 0 heterocycles. The van der Waals surface area contributed by atoms with Crippen molar-refractivity contribution in [3.63, 3.8) is 0 Å². The van der Waals surface area contributed by atoms with E-state index in [0.717, 1.165) is 6.54 Å². The molecule has 0 saturated heterocycles. The number of nitrogens with zero attached hydrogens (tertiary/aromatic N) is 2. The van der Waals surface area contributed by atoms with E-state index in [0.29, 0.717) is 26.3 Å². The number of amides is 2. The topological polar surface area (TPSA) is 91.3 Å². The second-order valence-corrected chi connectivity index (χ2v) is 4.34. The first-order valence-electron chi connectivity index (χ1n) is 6.42. The molecule has 0 aliphatic rings. The summed E-state index contributed by atoms with van der Waals surface area (Å²) < 4.78 is 9.80. The Hall–Kier alpha value is -1.38. The molecule has 0 radical (unpaired) electrons. The van der Waals surface area contributed by atoms with Crippen LogP contribution in [0.3, 0.4) is 0 Å². The number of hydrogen-bond acceptors (Lipinski definition) is 5. The van der Waals surface area contributed by atoms with Crippen LogP contribution in [0.2, 0.25) is 0 Å². The maximum atomic E-state index is 11.8. The second-order valence-electron chi connectivity index (χ2n) is 4.34. The number of rotatable bonds is 11. The van der Waals surface area contributed by atoms with Crippen molar-refractivity contribution in [2.45, 2.75) is 0 Å². The number of hydrogen-bond donors (Lipinski definition) is 2. The average Bonchev–Trinajstić information content (AvgIpc) is 2.40. The summed E-state index contributed by atoms with van der Waals surface area (Å²) in [7, 11) is 5.06. The fourth-order valence-corrected chi connectivity index (χ4v) is 1.44. The normalized spacial score (nSPS) is 10.6. The third-order valence-electron chi connectivity index (χ3n) is 2.63. The molecule has 0 aromatic heterocycles. The molecule has 20 heavy (non-hydrogen) atoms. The van der Waals surface area contributed by atoms with Gasteiger partial charge in [0.1, 0.15) is 6.54 Å². The largest absolute Gasteiger partial charge is 0.480 e. The highest BCUT2D eigenvalue weighted by Crippen LogP contribution is 1.91. The van der Waals surface area contributed by atoms with Gasteiger partial charge in [-0.3, -0.25) is 4.79 Å². The summed E-state index contributed by atoms with van der Waals surface area (Å²) in [5.41, 5.74) is 0. The minimum absolute atomic E-state index is 0.244. The van der Waals surface area contributed by atoms with Crippen molar-refractivity contribution in [3.8, 4) is 0 Å². The van der Waals surface area contributed by atoms with Gasteiger partial charge in [0.2, 0.25) is 0 Å². The van der Waals surface area contributed by atoms with Gasteiger partial charge in [-0.15, -0.1) is 0 Å². The van der Waals surface area contributed by atoms with Gasteiger partial charge < -0.3 is 29.7 Å². The van der Waals surface area contributed by atoms with E-state index in [1.165, 1.54) is 12.0 Å². The highest BCUT2D eigenvalue weighted by atomic mass is 16.5. The molecule has 0 bridgehead atoms. The molecule has 0 atom stereocenters. The van der Waals surface area contributed by atoms with E-state index in [9.17, 15) is 9.59 Å². The quantitative estimate of drug-likeness (QED) is 0.523. The highest BCUT2D eigenvalue weighted by molar-refractivity contribution is 5.80. The number of nitrogens with one attached hydrogen (secondary N) is 1. The molecular weight excluding hydrogens is 266 g/mol. The minimum Gasteiger partial charge on any atom is -0.480 e. The summed E-state index contributed by atoms with van der Waals surface area (Å²) in [5.74, 6) is -1.05. The summed E-state index contributed by atoms with van der Waals surface area (Å²) in [4.78, 5) is 25.7. The van der Waals surface area contributed by atoms with Crippen molar-refractivity contribution < 1.29 is 24.2 Å². The fraction of sp³-hybridized carbons (Fsp3) is 0.833. The smallest absolute Gasteiger partial charge is 0.323 e. The zero-order chi connectivity index (χ0) is 15.4. The maximum absolute atomic E-state index is 11.8. The first-order chi connectivity index (χ1) is 9.51. The van der Waals surface area contributed by atoms with E-state index in [-0.39, 0.29) is 13.1 Å². The van der Waals surface area contributed by atoms with Crippen LogP contribution in [0.5, 0.6) is 0 Å². The van der Waals surface area contributed by atoms with Gasteiger partial charge in [0.15, 0.2) is 0 Å². The highest BCUT2D eigenvalue weighted by Gasteiger charge is 2.15. The Morgan fingerprint density at radius 2 is 1.70 bits per heavy atom. The zero-order valence-corrected chi connectivity index (χ0v) is 12.4. The van der Waals surface area contributed by atoms with E-state index < -0.39 is 12.0 Å². The van der Waals surface area contributed by atoms with Crippen LogP contribution in [0.4, 0.5) is 4.79 Å². The molecule has 0 saturated carbocycles. The number of carbonyl (C=O) groups is 2. The van der Waals surface area contributed by atoms with Crippen LogP contribution >= 0.6 is 0 Å². The van der Waals surface area contributed by atoms with E-state index in [1.807, 2.05) is 11.9 Å². The molecule has 0 spiro atoms. The number of ether oxygens (including phenoxy) is 2. The van der Waals surface area contributed by atoms with Crippen LogP contribution in [0.25, 0.3) is 0 Å². The Morgan fingerprint density at radius 3 is 2.25 bits per heavy atom. The van der Waals surface area contributed by atoms with Crippen LogP contribution in [-0.2, 0) is 14.3 Å². The third kappa shape index (κ3) is 9.54. The molecule has 8 heteroatoms. The van der Waals surface area contributed by atoms with Gasteiger partial charge in [-0.25, -0.2) is 4.79 Å². The van der Waals surface area contributed by atoms with Gasteiger partial charge in [0, 0.05) is 40.4 Å². The molecule has 0 fully saturated rings. The Balaban J connectivity index is 4.02. The summed E-state index contributed by atoms with van der Waals surface area (Å²) in [6.07, 6.45) is 0. The fourth-order valence-electron chi connectivity index (χ4n) is 1.44. The number of urea groups is 1. The van der Waals surface area contributed by atoms with Crippen molar-refractivity contribution in [2.75, 3.05) is 67.2 Å². The number of carboxylic acids is 1. The second kappa shape index (κ2) is 11.4. The first-order valence-corrected chi connectivity index (χ1v) is 6.42. The lowest BCUT2D eigenvalue weighted by molar-refractivity contribution is -0.137. The van der Waals surface area contributed by atoms with Gasteiger partial charge in [-0.1, -0.05) is 0 Å². The van der Waals surface area contributed by atoms with Crippen LogP contribution < -0.4 is 5.32 Å². The van der Waals surface area contributed by atoms with Crippen molar-refractivity contribution in [1.82, 2.24) is 15.1 Å². The predicted octanol–water partition coefficient (Wildman–Crippen LogP) is -0.693. The molecule has 0 unspecified atom stereocenters. The standard InChI is InChI=1S/C12H25N3O5/c1-14(6-8-19-2)5-4-13-12(18)15(7-9-20-3)10-11(16)17/h4-10H2,1-3H3,(H,13,18)(H,16,17). The van der Waals surface area contributed by atoms with Gasteiger partial charge in [-0.05, 0) is 7.05 Å². The van der Waals surface area contributed by atoms with Gasteiger partial charge in [-0.2, -0.15) is 0 Å². The maximum Gasteiger partial charge on any atom is 0.323 e. The van der Waals surface area contributed by atoms with E-state index >= 15 is 0 Å². The lowest BCUT2D eigenvalue weighted by Gasteiger charge is -2.22. The molecule has 0 rings (SSSR count). The number of likely N-dealkylation sites (N-methyl/N-ethyl adjacent to an activating group) is 1. The molecule has 2 N–H and O–H groups in total. The van der Waals surface area contributed by atoms with Crippen molar-refractivity contribution >= 4 is 12.0 Å². The Labute approximate surface area is 119 Å². The van der Waals surface area contributed by atoms with Crippen LogP contribution in [0.15, 0.2) is 0 Å². The number of carbonyl (C=O) groups excluding carboxylic acids is 1. The number of methoxy groups -OCH3 is 2. The van der Waals surface area contributed by atoms with Crippen molar-refractivity contribution in [3.05, 3.63) is 0 Å². The van der Waals surface area contributed by atoms with Crippen LogP contribution in [-0.4, -0.2) is 94.1 Å². The Bertz CT molecular complexity index is 288. The lowest BCUT2D eigenvalue weighted by atomic mass is 10.4. The van der Waals surface area contributed by atoms with Crippen LogP contribution in [0.1, 0.15) is 0 Å². The summed E-state index contributed by atoms with van der Waals surface area (Å²) in [6.45, 7) is 2.72. The van der Waals surface area contributed by atoms with Gasteiger partial charge in [0.05, 0.1) is 13.2 Å². The Morgan fingerprint density at radius 1 is 1.10 bits per heavy atom. The SMILES string of the molecule is COCCN(C)CCNC(=O)N(CCOC)CC(=O)O. The van der Waals surface area contributed by atoms with Crippen molar-refractivity contribution in [1.29, 1.82) is 0 Å². The van der Waals surface area contributed by atoms with Crippen molar-refractivity contribution in [2.24, 2.45) is 0 Å². The Kier molecular flexibility index (Phi) is 10.7. The van der Waals surface area contributed by atoms with E-state index in [2.05, 4.69) is 5.32 Å². The van der Waals surface area contributed by atoms with Crippen LogP contribution in [0, 0.1) is 0 Å². The zero-order valence-electron chi connectivity index (χ0n) is 12.4. The molecule has 0 aliphatic carbocycles. The number of aliphatic carboxylic acids is 1. The summed E-state index contributed by atoms with van der Waals surface area (Å²) >= 11 is 0. The van der Waals surface area contributed by atoms with Gasteiger partial charge >= 0.3 is 12.0 Å². The van der Waals surface area contributed by atoms with E-state index in [4.69, 9.17) is 14.6 Å².